The lowest BCUT2D eigenvalue weighted by molar-refractivity contribution is -0.200. The first-order chi connectivity index (χ1) is 14.8. The zero-order valence-corrected chi connectivity index (χ0v) is 18.5. The van der Waals surface area contributed by atoms with Crippen LogP contribution in [0.3, 0.4) is 0 Å². The van der Waals surface area contributed by atoms with Gasteiger partial charge in [0.25, 0.3) is 0 Å². The van der Waals surface area contributed by atoms with Crippen LogP contribution in [-0.2, 0) is 11.3 Å². The zero-order chi connectivity index (χ0) is 21.8. The van der Waals surface area contributed by atoms with Crippen LogP contribution < -0.4 is 5.32 Å². The molecule has 0 bridgehead atoms. The number of nitriles is 1. The number of halogens is 4. The van der Waals surface area contributed by atoms with Gasteiger partial charge in [-0.25, -0.2) is 4.98 Å². The number of benzene rings is 1. The number of nitrogens with zero attached hydrogens (tertiary/aromatic N) is 4. The van der Waals surface area contributed by atoms with Crippen LogP contribution in [0, 0.1) is 16.7 Å². The smallest absolute Gasteiger partial charge is 0.381 e. The number of ether oxygens (including phenoxy) is 1. The Morgan fingerprint density at radius 3 is 2.52 bits per heavy atom. The highest BCUT2D eigenvalue weighted by atomic mass is 79.9. The fraction of sp³-hybridized carbons (Fsp3) is 0.619. The molecule has 3 heterocycles. The predicted octanol–water partition coefficient (Wildman–Crippen LogP) is 4.29. The molecule has 1 saturated carbocycles. The van der Waals surface area contributed by atoms with E-state index in [2.05, 4.69) is 31.1 Å². The molecule has 10 heteroatoms. The van der Waals surface area contributed by atoms with Gasteiger partial charge in [0.1, 0.15) is 12.6 Å². The summed E-state index contributed by atoms with van der Waals surface area (Å²) >= 11 is 3.47. The Morgan fingerprint density at radius 2 is 1.94 bits per heavy atom. The summed E-state index contributed by atoms with van der Waals surface area (Å²) in [5, 5.41) is 12.7. The van der Waals surface area contributed by atoms with E-state index in [9.17, 15) is 18.4 Å². The lowest BCUT2D eigenvalue weighted by atomic mass is 9.75. The molecule has 166 valence electrons. The molecule has 2 aliphatic heterocycles. The molecule has 1 spiro atoms. The summed E-state index contributed by atoms with van der Waals surface area (Å²) in [6, 6.07) is 6.14. The largest absolute Gasteiger partial charge is 0.406 e. The SMILES string of the molecule is N#Cc1nc2ccc(NC3CCC(N4CC5(COC5)C4)CC3)c(Br)c2n1CC(F)(F)F. The number of hydrogen-bond acceptors (Lipinski definition) is 5. The molecule has 1 N–H and O–H groups in total. The van der Waals surface area contributed by atoms with Crippen LogP contribution in [0.5, 0.6) is 0 Å². The lowest BCUT2D eigenvalue weighted by Crippen LogP contribution is -2.68. The van der Waals surface area contributed by atoms with Crippen LogP contribution in [0.1, 0.15) is 31.5 Å². The molecule has 1 aromatic heterocycles. The molecule has 1 aromatic carbocycles. The van der Waals surface area contributed by atoms with Gasteiger partial charge in [-0.1, -0.05) is 0 Å². The first-order valence-corrected chi connectivity index (χ1v) is 11.3. The number of alkyl halides is 3. The predicted molar refractivity (Wildman–Crippen MR) is 113 cm³/mol. The molecule has 5 rings (SSSR count). The molecule has 0 atom stereocenters. The van der Waals surface area contributed by atoms with Gasteiger partial charge < -0.3 is 14.6 Å². The second-order valence-corrected chi connectivity index (χ2v) is 9.88. The van der Waals surface area contributed by atoms with Crippen molar-refractivity contribution < 1.29 is 17.9 Å². The van der Waals surface area contributed by atoms with Crippen molar-refractivity contribution in [3.63, 3.8) is 0 Å². The van der Waals surface area contributed by atoms with Crippen molar-refractivity contribution in [3.05, 3.63) is 22.4 Å². The van der Waals surface area contributed by atoms with E-state index in [1.807, 2.05) is 6.07 Å². The van der Waals surface area contributed by atoms with E-state index in [4.69, 9.17) is 4.74 Å². The average molecular weight is 498 g/mol. The molecular weight excluding hydrogens is 475 g/mol. The Hall–Kier alpha value is -1.83. The molecule has 0 amide bonds. The minimum absolute atomic E-state index is 0.241. The van der Waals surface area contributed by atoms with E-state index < -0.39 is 12.7 Å². The number of anilines is 1. The maximum Gasteiger partial charge on any atom is 0.406 e. The summed E-state index contributed by atoms with van der Waals surface area (Å²) in [6.07, 6.45) is -0.194. The van der Waals surface area contributed by atoms with Gasteiger partial charge in [0.2, 0.25) is 5.82 Å². The van der Waals surface area contributed by atoms with Crippen molar-refractivity contribution in [2.24, 2.45) is 5.41 Å². The molecule has 2 saturated heterocycles. The summed E-state index contributed by atoms with van der Waals surface area (Å²) in [5.41, 5.74) is 1.82. The topological polar surface area (TPSA) is 66.1 Å². The first kappa shape index (κ1) is 21.0. The van der Waals surface area contributed by atoms with Gasteiger partial charge in [-0.05, 0) is 53.7 Å². The van der Waals surface area contributed by atoms with Crippen molar-refractivity contribution in [1.29, 1.82) is 5.26 Å². The number of likely N-dealkylation sites (tertiary alicyclic amines) is 1. The Labute approximate surface area is 186 Å². The Balaban J connectivity index is 1.28. The first-order valence-electron chi connectivity index (χ1n) is 10.5. The third kappa shape index (κ3) is 3.92. The normalized spacial score (nSPS) is 25.8. The minimum atomic E-state index is -4.44. The van der Waals surface area contributed by atoms with Crippen molar-refractivity contribution >= 4 is 32.7 Å². The number of aromatic nitrogens is 2. The maximum atomic E-state index is 13.1. The Morgan fingerprint density at radius 1 is 1.23 bits per heavy atom. The molecule has 3 fully saturated rings. The molecule has 2 aromatic rings. The van der Waals surface area contributed by atoms with Crippen LogP contribution in [0.15, 0.2) is 16.6 Å². The van der Waals surface area contributed by atoms with E-state index >= 15 is 0 Å². The second-order valence-electron chi connectivity index (χ2n) is 9.09. The van der Waals surface area contributed by atoms with E-state index in [-0.39, 0.29) is 11.9 Å². The van der Waals surface area contributed by atoms with Crippen LogP contribution in [0.25, 0.3) is 11.0 Å². The molecular formula is C21H23BrF3N5O. The van der Waals surface area contributed by atoms with Gasteiger partial charge >= 0.3 is 6.18 Å². The lowest BCUT2D eigenvalue weighted by Gasteiger charge is -2.58. The molecule has 0 unspecified atom stereocenters. The van der Waals surface area contributed by atoms with Gasteiger partial charge in [0, 0.05) is 30.6 Å². The highest BCUT2D eigenvalue weighted by Crippen LogP contribution is 2.41. The van der Waals surface area contributed by atoms with Crippen molar-refractivity contribution in [1.82, 2.24) is 14.5 Å². The van der Waals surface area contributed by atoms with Gasteiger partial charge in [-0.3, -0.25) is 4.90 Å². The summed E-state index contributed by atoms with van der Waals surface area (Å²) in [7, 11) is 0. The third-order valence-corrected chi connectivity index (χ3v) is 7.55. The number of hydrogen-bond donors (Lipinski definition) is 1. The van der Waals surface area contributed by atoms with Crippen LogP contribution in [-0.4, -0.2) is 59.0 Å². The van der Waals surface area contributed by atoms with Crippen molar-refractivity contribution in [3.8, 4) is 6.07 Å². The van der Waals surface area contributed by atoms with E-state index in [1.165, 1.54) is 0 Å². The number of nitrogens with one attached hydrogen (secondary N) is 1. The highest BCUT2D eigenvalue weighted by molar-refractivity contribution is 9.10. The molecule has 3 aliphatic rings. The van der Waals surface area contributed by atoms with Gasteiger partial charge in [0.15, 0.2) is 0 Å². The van der Waals surface area contributed by atoms with Crippen LogP contribution >= 0.6 is 15.9 Å². The van der Waals surface area contributed by atoms with Crippen LogP contribution in [0.2, 0.25) is 0 Å². The van der Waals surface area contributed by atoms with E-state index in [1.54, 1.807) is 12.1 Å². The summed E-state index contributed by atoms with van der Waals surface area (Å²) in [4.78, 5) is 6.63. The monoisotopic (exact) mass is 497 g/mol. The van der Waals surface area contributed by atoms with Gasteiger partial charge in [0.05, 0.1) is 34.4 Å². The fourth-order valence-corrected chi connectivity index (χ4v) is 5.83. The molecule has 1 aliphatic carbocycles. The molecule has 6 nitrogen and oxygen atoms in total. The van der Waals surface area contributed by atoms with E-state index in [0.29, 0.717) is 27.0 Å². The Bertz CT molecular complexity index is 1030. The Kier molecular flexibility index (Phi) is 5.19. The standard InChI is InChI=1S/C21H23BrF3N5O/c22-18-15(5-6-16-19(18)30(10-21(23,24)25)17(7-26)28-16)27-13-1-3-14(4-2-13)29-8-20(9-29)11-31-12-20/h5-6,13-14,27H,1-4,8-12H2. The zero-order valence-electron chi connectivity index (χ0n) is 16.9. The number of imidazole rings is 1. The van der Waals surface area contributed by atoms with Gasteiger partial charge in [-0.15, -0.1) is 0 Å². The van der Waals surface area contributed by atoms with E-state index in [0.717, 1.165) is 62.2 Å². The second kappa shape index (κ2) is 7.64. The maximum absolute atomic E-state index is 13.1. The number of rotatable bonds is 4. The van der Waals surface area contributed by atoms with Crippen LogP contribution in [0.4, 0.5) is 18.9 Å². The molecule has 0 radical (unpaired) electrons. The summed E-state index contributed by atoms with van der Waals surface area (Å²) < 4.78 is 46.0. The fourth-order valence-electron chi connectivity index (χ4n) is 5.16. The van der Waals surface area contributed by atoms with Crippen molar-refractivity contribution in [2.45, 2.75) is 50.5 Å². The summed E-state index contributed by atoms with van der Waals surface area (Å²) in [5.74, 6) is -0.241. The highest BCUT2D eigenvalue weighted by Gasteiger charge is 2.50. The summed E-state index contributed by atoms with van der Waals surface area (Å²) in [6.45, 7) is 2.83. The quantitative estimate of drug-likeness (QED) is 0.682. The number of fused-ring (bicyclic) bond motifs is 1. The van der Waals surface area contributed by atoms with Crippen molar-refractivity contribution in [2.75, 3.05) is 31.6 Å². The third-order valence-electron chi connectivity index (χ3n) is 6.75. The molecule has 31 heavy (non-hydrogen) atoms. The van der Waals surface area contributed by atoms with Gasteiger partial charge in [-0.2, -0.15) is 18.4 Å². The minimum Gasteiger partial charge on any atom is -0.381 e. The average Bonchev–Trinajstić information content (AvgIpc) is 2.99.